The van der Waals surface area contributed by atoms with E-state index in [0.717, 1.165) is 42.9 Å². The van der Waals surface area contributed by atoms with Crippen LogP contribution < -0.4 is 15.0 Å². The van der Waals surface area contributed by atoms with Gasteiger partial charge in [0.15, 0.2) is 9.84 Å². The lowest BCUT2D eigenvalue weighted by molar-refractivity contribution is -0.121. The molecule has 0 aromatic heterocycles. The molecule has 1 aliphatic heterocycles. The number of amides is 1. The van der Waals surface area contributed by atoms with Crippen molar-refractivity contribution in [2.75, 3.05) is 30.9 Å². The molecule has 1 amide bonds. The number of carbonyl (C=O) groups excluding carboxylic acids is 1. The van der Waals surface area contributed by atoms with Crippen LogP contribution in [-0.2, 0) is 21.1 Å². The first-order valence-corrected chi connectivity index (χ1v) is 11.6. The summed E-state index contributed by atoms with van der Waals surface area (Å²) in [5, 5.41) is 3.13. The minimum atomic E-state index is -3.17. The number of rotatable bonds is 7. The van der Waals surface area contributed by atoms with Gasteiger partial charge in [0, 0.05) is 24.8 Å². The highest BCUT2D eigenvalue weighted by Crippen LogP contribution is 2.22. The highest BCUT2D eigenvalue weighted by Gasteiger charge is 2.21. The maximum absolute atomic E-state index is 12.4. The predicted molar refractivity (Wildman–Crippen MR) is 114 cm³/mol. The van der Waals surface area contributed by atoms with E-state index in [9.17, 15) is 13.2 Å². The zero-order valence-corrected chi connectivity index (χ0v) is 17.7. The molecule has 2 aromatic carbocycles. The summed E-state index contributed by atoms with van der Waals surface area (Å²) in [4.78, 5) is 15.0. The van der Waals surface area contributed by atoms with Crippen LogP contribution in [0.1, 0.15) is 25.3 Å². The van der Waals surface area contributed by atoms with Crippen LogP contribution >= 0.6 is 0 Å². The number of piperidine rings is 1. The Morgan fingerprint density at radius 2 is 1.83 bits per heavy atom. The second-order valence-corrected chi connectivity index (χ2v) is 9.53. The highest BCUT2D eigenvalue weighted by molar-refractivity contribution is 7.91. The van der Waals surface area contributed by atoms with Crippen molar-refractivity contribution in [2.24, 2.45) is 0 Å². The number of methoxy groups -OCH3 is 1. The Balaban J connectivity index is 1.50. The summed E-state index contributed by atoms with van der Waals surface area (Å²) in [6.45, 7) is 3.30. The summed E-state index contributed by atoms with van der Waals surface area (Å²) in [6, 6.07) is 14.8. The Hall–Kier alpha value is -2.54. The lowest BCUT2D eigenvalue weighted by Gasteiger charge is -2.34. The van der Waals surface area contributed by atoms with Crippen LogP contribution in [0.3, 0.4) is 0 Å². The van der Waals surface area contributed by atoms with Crippen molar-refractivity contribution >= 4 is 21.4 Å². The first-order valence-electron chi connectivity index (χ1n) is 9.91. The van der Waals surface area contributed by atoms with Crippen LogP contribution in [0.5, 0.6) is 5.75 Å². The molecule has 29 heavy (non-hydrogen) atoms. The zero-order chi connectivity index (χ0) is 20.9. The van der Waals surface area contributed by atoms with Crippen LogP contribution in [0.2, 0.25) is 0 Å². The topological polar surface area (TPSA) is 75.7 Å². The summed E-state index contributed by atoms with van der Waals surface area (Å²) < 4.78 is 29.1. The number of hydrogen-bond acceptors (Lipinski definition) is 5. The van der Waals surface area contributed by atoms with Gasteiger partial charge in [-0.2, -0.15) is 0 Å². The van der Waals surface area contributed by atoms with Crippen LogP contribution in [-0.4, -0.2) is 46.3 Å². The lowest BCUT2D eigenvalue weighted by Crippen LogP contribution is -2.45. The van der Waals surface area contributed by atoms with Gasteiger partial charge in [0.25, 0.3) is 0 Å². The van der Waals surface area contributed by atoms with Gasteiger partial charge in [-0.1, -0.05) is 19.1 Å². The molecule has 0 aliphatic carbocycles. The van der Waals surface area contributed by atoms with Crippen molar-refractivity contribution in [3.05, 3.63) is 54.1 Å². The number of ether oxygens (including phenoxy) is 1. The number of sulfone groups is 1. The average molecular weight is 417 g/mol. The van der Waals surface area contributed by atoms with Crippen LogP contribution in [0.15, 0.2) is 53.4 Å². The molecule has 1 aliphatic rings. The van der Waals surface area contributed by atoms with Crippen molar-refractivity contribution in [1.29, 1.82) is 0 Å². The summed E-state index contributed by atoms with van der Waals surface area (Å²) >= 11 is 0. The van der Waals surface area contributed by atoms with Gasteiger partial charge in [0.2, 0.25) is 5.91 Å². The van der Waals surface area contributed by atoms with Gasteiger partial charge >= 0.3 is 0 Å². The number of nitrogens with zero attached hydrogens (tertiary/aromatic N) is 1. The first-order chi connectivity index (χ1) is 13.9. The molecule has 0 saturated carbocycles. The van der Waals surface area contributed by atoms with E-state index in [2.05, 4.69) is 10.2 Å². The van der Waals surface area contributed by atoms with Crippen LogP contribution in [0.25, 0.3) is 0 Å². The van der Waals surface area contributed by atoms with E-state index in [0.29, 0.717) is 11.3 Å². The Labute approximate surface area is 172 Å². The molecule has 156 valence electrons. The second kappa shape index (κ2) is 9.31. The number of benzene rings is 2. The number of nitrogens with one attached hydrogen (secondary N) is 1. The van der Waals surface area contributed by atoms with Gasteiger partial charge in [-0.05, 0) is 54.8 Å². The minimum absolute atomic E-state index is 0.0193. The molecular weight excluding hydrogens is 388 g/mol. The standard InChI is InChI=1S/C22H28N2O4S/c1-3-29(26,27)21-9-7-19(8-10-21)24-13-11-18(12-14-24)23-22(25)16-17-5-4-6-20(15-17)28-2/h4-10,15,18H,3,11-14,16H2,1-2H3,(H,23,25). The van der Waals surface area contributed by atoms with Crippen molar-refractivity contribution < 1.29 is 17.9 Å². The highest BCUT2D eigenvalue weighted by atomic mass is 32.2. The van der Waals surface area contributed by atoms with Crippen LogP contribution in [0.4, 0.5) is 5.69 Å². The zero-order valence-electron chi connectivity index (χ0n) is 16.9. The summed E-state index contributed by atoms with van der Waals surface area (Å²) in [5.41, 5.74) is 1.95. The SMILES string of the molecule is CCS(=O)(=O)c1ccc(N2CCC(NC(=O)Cc3cccc(OC)c3)CC2)cc1. The van der Waals surface area contributed by atoms with Crippen molar-refractivity contribution in [3.8, 4) is 5.75 Å². The predicted octanol–water partition coefficient (Wildman–Crippen LogP) is 2.82. The molecule has 0 atom stereocenters. The van der Waals surface area contributed by atoms with Gasteiger partial charge in [0.05, 0.1) is 24.2 Å². The van der Waals surface area contributed by atoms with Gasteiger partial charge in [-0.15, -0.1) is 0 Å². The molecule has 0 radical (unpaired) electrons. The third-order valence-electron chi connectivity index (χ3n) is 5.30. The second-order valence-electron chi connectivity index (χ2n) is 7.25. The monoisotopic (exact) mass is 416 g/mol. The third kappa shape index (κ3) is 5.50. The fourth-order valence-electron chi connectivity index (χ4n) is 3.56. The molecule has 2 aromatic rings. The van der Waals surface area contributed by atoms with Crippen molar-refractivity contribution in [1.82, 2.24) is 5.32 Å². The fourth-order valence-corrected chi connectivity index (χ4v) is 4.44. The van der Waals surface area contributed by atoms with E-state index >= 15 is 0 Å². The van der Waals surface area contributed by atoms with Crippen LogP contribution in [0, 0.1) is 0 Å². The van der Waals surface area contributed by atoms with Crippen molar-refractivity contribution in [3.63, 3.8) is 0 Å². The molecule has 7 heteroatoms. The first kappa shape index (κ1) is 21.2. The smallest absolute Gasteiger partial charge is 0.224 e. The van der Waals surface area contributed by atoms with Gasteiger partial charge in [-0.25, -0.2) is 8.42 Å². The molecule has 1 N–H and O–H groups in total. The average Bonchev–Trinajstić information content (AvgIpc) is 2.74. The summed E-state index contributed by atoms with van der Waals surface area (Å²) in [6.07, 6.45) is 2.06. The quantitative estimate of drug-likeness (QED) is 0.751. The van der Waals surface area contributed by atoms with Gasteiger partial charge in [-0.3, -0.25) is 4.79 Å². The number of carbonyl (C=O) groups is 1. The maximum atomic E-state index is 12.4. The van der Waals surface area contributed by atoms with E-state index < -0.39 is 9.84 Å². The number of anilines is 1. The fraction of sp³-hybridized carbons (Fsp3) is 0.409. The van der Waals surface area contributed by atoms with E-state index in [-0.39, 0.29) is 17.7 Å². The largest absolute Gasteiger partial charge is 0.497 e. The van der Waals surface area contributed by atoms with Gasteiger partial charge in [0.1, 0.15) is 5.75 Å². The maximum Gasteiger partial charge on any atom is 0.224 e. The van der Waals surface area contributed by atoms with E-state index in [1.165, 1.54) is 0 Å². The molecule has 1 saturated heterocycles. The molecule has 1 heterocycles. The Morgan fingerprint density at radius 3 is 2.45 bits per heavy atom. The third-order valence-corrected chi connectivity index (χ3v) is 7.05. The van der Waals surface area contributed by atoms with E-state index in [1.807, 2.05) is 36.4 Å². The normalized spacial score (nSPS) is 15.2. The molecule has 0 bridgehead atoms. The molecular formula is C22H28N2O4S. The Morgan fingerprint density at radius 1 is 1.14 bits per heavy atom. The Kier molecular flexibility index (Phi) is 6.79. The molecule has 0 spiro atoms. The molecule has 6 nitrogen and oxygen atoms in total. The van der Waals surface area contributed by atoms with E-state index in [4.69, 9.17) is 4.74 Å². The van der Waals surface area contributed by atoms with E-state index in [1.54, 1.807) is 26.2 Å². The Bertz CT molecular complexity index is 934. The van der Waals surface area contributed by atoms with Gasteiger partial charge < -0.3 is 15.0 Å². The minimum Gasteiger partial charge on any atom is -0.497 e. The molecule has 0 unspecified atom stereocenters. The van der Waals surface area contributed by atoms with Crippen molar-refractivity contribution in [2.45, 2.75) is 37.1 Å². The summed E-state index contributed by atoms with van der Waals surface area (Å²) in [7, 11) is -1.56. The molecule has 1 fully saturated rings. The summed E-state index contributed by atoms with van der Waals surface area (Å²) in [5.74, 6) is 0.875. The number of hydrogen-bond donors (Lipinski definition) is 1. The lowest BCUT2D eigenvalue weighted by atomic mass is 10.0. The molecule has 3 rings (SSSR count).